The van der Waals surface area contributed by atoms with Crippen molar-refractivity contribution in [3.8, 4) is 0 Å². The monoisotopic (exact) mass is 177 g/mol. The van der Waals surface area contributed by atoms with Crippen molar-refractivity contribution in [1.29, 1.82) is 0 Å². The standard InChI is InChI=1S/C7H6F3NO/c8-7(9,10)5-11-3-1-2-6(11)4-12/h1-4H,5H2. The van der Waals surface area contributed by atoms with Gasteiger partial charge in [-0.15, -0.1) is 0 Å². The average molecular weight is 177 g/mol. The first-order chi connectivity index (χ1) is 5.53. The van der Waals surface area contributed by atoms with Crippen molar-refractivity contribution in [3.05, 3.63) is 24.0 Å². The highest BCUT2D eigenvalue weighted by Gasteiger charge is 2.28. The lowest BCUT2D eigenvalue weighted by Gasteiger charge is -2.08. The molecule has 0 aliphatic rings. The number of hydrogen-bond donors (Lipinski definition) is 0. The van der Waals surface area contributed by atoms with Crippen LogP contribution in [0.15, 0.2) is 18.3 Å². The Morgan fingerprint density at radius 3 is 2.67 bits per heavy atom. The van der Waals surface area contributed by atoms with Crippen molar-refractivity contribution < 1.29 is 18.0 Å². The molecule has 2 nitrogen and oxygen atoms in total. The van der Waals surface area contributed by atoms with Gasteiger partial charge in [-0.05, 0) is 12.1 Å². The molecule has 12 heavy (non-hydrogen) atoms. The molecule has 0 amide bonds. The fraction of sp³-hybridized carbons (Fsp3) is 0.286. The maximum absolute atomic E-state index is 11.8. The maximum atomic E-state index is 11.8. The molecule has 5 heteroatoms. The minimum Gasteiger partial charge on any atom is -0.336 e. The molecular weight excluding hydrogens is 171 g/mol. The lowest BCUT2D eigenvalue weighted by Crippen LogP contribution is -2.18. The second kappa shape index (κ2) is 3.00. The zero-order valence-corrected chi connectivity index (χ0v) is 6.01. The third-order valence-corrected chi connectivity index (χ3v) is 1.34. The molecule has 0 saturated carbocycles. The molecule has 1 rings (SSSR count). The number of nitrogens with zero attached hydrogens (tertiary/aromatic N) is 1. The molecule has 0 radical (unpaired) electrons. The molecule has 0 bridgehead atoms. The Balaban J connectivity index is 2.81. The quantitative estimate of drug-likeness (QED) is 0.632. The van der Waals surface area contributed by atoms with Crippen LogP contribution in [0.3, 0.4) is 0 Å². The van der Waals surface area contributed by atoms with E-state index in [2.05, 4.69) is 0 Å². The molecule has 1 aromatic heterocycles. The van der Waals surface area contributed by atoms with Gasteiger partial charge in [0.15, 0.2) is 6.29 Å². The fourth-order valence-electron chi connectivity index (χ4n) is 0.871. The molecule has 0 saturated heterocycles. The molecule has 0 atom stereocenters. The number of carbonyl (C=O) groups is 1. The van der Waals surface area contributed by atoms with Crippen LogP contribution in [0.25, 0.3) is 0 Å². The van der Waals surface area contributed by atoms with Crippen LogP contribution in [-0.2, 0) is 6.54 Å². The Kier molecular flexibility index (Phi) is 2.21. The predicted octanol–water partition coefficient (Wildman–Crippen LogP) is 1.86. The Bertz CT molecular complexity index is 276. The summed E-state index contributed by atoms with van der Waals surface area (Å²) in [5, 5.41) is 0. The van der Waals surface area contributed by atoms with Crippen LogP contribution in [0.2, 0.25) is 0 Å². The highest BCUT2D eigenvalue weighted by Crippen LogP contribution is 2.18. The minimum absolute atomic E-state index is 0.0346. The van der Waals surface area contributed by atoms with Gasteiger partial charge in [0, 0.05) is 6.20 Å². The van der Waals surface area contributed by atoms with Gasteiger partial charge in [-0.25, -0.2) is 0 Å². The number of aromatic nitrogens is 1. The van der Waals surface area contributed by atoms with Crippen LogP contribution in [0, 0.1) is 0 Å². The Labute approximate surface area is 66.6 Å². The summed E-state index contributed by atoms with van der Waals surface area (Å²) >= 11 is 0. The second-order valence-electron chi connectivity index (χ2n) is 2.29. The smallest absolute Gasteiger partial charge is 0.336 e. The summed E-state index contributed by atoms with van der Waals surface area (Å²) in [6, 6.07) is 2.73. The maximum Gasteiger partial charge on any atom is 0.406 e. The van der Waals surface area contributed by atoms with E-state index in [4.69, 9.17) is 0 Å². The van der Waals surface area contributed by atoms with Crippen LogP contribution in [0.5, 0.6) is 0 Å². The zero-order chi connectivity index (χ0) is 9.19. The van der Waals surface area contributed by atoms with Crippen molar-refractivity contribution in [2.24, 2.45) is 0 Å². The Hall–Kier alpha value is -1.26. The van der Waals surface area contributed by atoms with Crippen LogP contribution < -0.4 is 0 Å². The van der Waals surface area contributed by atoms with Gasteiger partial charge in [-0.3, -0.25) is 4.79 Å². The summed E-state index contributed by atoms with van der Waals surface area (Å²) in [7, 11) is 0. The molecule has 0 aliphatic heterocycles. The number of aldehydes is 1. The minimum atomic E-state index is -4.28. The van der Waals surface area contributed by atoms with Gasteiger partial charge in [0.1, 0.15) is 6.54 Å². The van der Waals surface area contributed by atoms with Crippen LogP contribution in [-0.4, -0.2) is 17.0 Å². The van der Waals surface area contributed by atoms with Gasteiger partial charge < -0.3 is 4.57 Å². The van der Waals surface area contributed by atoms with E-state index in [1.807, 2.05) is 0 Å². The van der Waals surface area contributed by atoms with Gasteiger partial charge in [0.2, 0.25) is 0 Å². The SMILES string of the molecule is O=Cc1cccn1CC(F)(F)F. The third kappa shape index (κ3) is 2.11. The molecular formula is C7H6F3NO. The zero-order valence-electron chi connectivity index (χ0n) is 6.01. The first-order valence-electron chi connectivity index (χ1n) is 3.20. The Morgan fingerprint density at radius 2 is 2.17 bits per heavy atom. The summed E-state index contributed by atoms with van der Waals surface area (Å²) in [5.41, 5.74) is 0.0346. The number of halogens is 3. The summed E-state index contributed by atoms with van der Waals surface area (Å²) in [4.78, 5) is 10.2. The highest BCUT2D eigenvalue weighted by atomic mass is 19.4. The second-order valence-corrected chi connectivity index (χ2v) is 2.29. The molecule has 0 aromatic carbocycles. The third-order valence-electron chi connectivity index (χ3n) is 1.34. The van der Waals surface area contributed by atoms with Gasteiger partial charge in [0.25, 0.3) is 0 Å². The van der Waals surface area contributed by atoms with Crippen molar-refractivity contribution in [3.63, 3.8) is 0 Å². The first-order valence-corrected chi connectivity index (χ1v) is 3.20. The number of rotatable bonds is 2. The summed E-state index contributed by atoms with van der Waals surface area (Å²) in [5.74, 6) is 0. The molecule has 66 valence electrons. The molecule has 1 aromatic rings. The van der Waals surface area contributed by atoms with Crippen molar-refractivity contribution in [1.82, 2.24) is 4.57 Å². The molecule has 0 unspecified atom stereocenters. The largest absolute Gasteiger partial charge is 0.406 e. The van der Waals surface area contributed by atoms with Gasteiger partial charge in [-0.2, -0.15) is 13.2 Å². The van der Waals surface area contributed by atoms with Crippen molar-refractivity contribution in [2.75, 3.05) is 0 Å². The fourth-order valence-corrected chi connectivity index (χ4v) is 0.871. The molecule has 0 N–H and O–H groups in total. The normalized spacial score (nSPS) is 11.6. The first kappa shape index (κ1) is 8.83. The summed E-state index contributed by atoms with van der Waals surface area (Å²) in [6.45, 7) is -1.12. The van der Waals surface area contributed by atoms with Crippen LogP contribution in [0.1, 0.15) is 10.5 Å². The van der Waals surface area contributed by atoms with E-state index >= 15 is 0 Å². The summed E-state index contributed by atoms with van der Waals surface area (Å²) in [6.07, 6.45) is -2.67. The average Bonchev–Trinajstić information content (AvgIpc) is 2.31. The molecule has 1 heterocycles. The van der Waals surface area contributed by atoms with E-state index < -0.39 is 12.7 Å². The number of hydrogen-bond acceptors (Lipinski definition) is 1. The van der Waals surface area contributed by atoms with Crippen molar-refractivity contribution in [2.45, 2.75) is 12.7 Å². The van der Waals surface area contributed by atoms with E-state index in [-0.39, 0.29) is 5.69 Å². The number of alkyl halides is 3. The van der Waals surface area contributed by atoms with E-state index in [9.17, 15) is 18.0 Å². The van der Waals surface area contributed by atoms with E-state index in [0.29, 0.717) is 6.29 Å². The predicted molar refractivity (Wildman–Crippen MR) is 35.9 cm³/mol. The van der Waals surface area contributed by atoms with Gasteiger partial charge in [-0.1, -0.05) is 0 Å². The topological polar surface area (TPSA) is 22.0 Å². The van der Waals surface area contributed by atoms with Crippen molar-refractivity contribution >= 4 is 6.29 Å². The lowest BCUT2D eigenvalue weighted by atomic mass is 10.4. The van der Waals surface area contributed by atoms with Gasteiger partial charge in [0.05, 0.1) is 5.69 Å². The molecule has 0 spiro atoms. The van der Waals surface area contributed by atoms with Gasteiger partial charge >= 0.3 is 6.18 Å². The van der Waals surface area contributed by atoms with Crippen LogP contribution in [0.4, 0.5) is 13.2 Å². The Morgan fingerprint density at radius 1 is 1.50 bits per heavy atom. The highest BCUT2D eigenvalue weighted by molar-refractivity contribution is 5.72. The van der Waals surface area contributed by atoms with Crippen LogP contribution >= 0.6 is 0 Å². The van der Waals surface area contributed by atoms with E-state index in [1.165, 1.54) is 18.3 Å². The van der Waals surface area contributed by atoms with E-state index in [0.717, 1.165) is 4.57 Å². The number of carbonyl (C=O) groups excluding carboxylic acids is 1. The lowest BCUT2D eigenvalue weighted by molar-refractivity contribution is -0.140. The molecule has 0 aliphatic carbocycles. The summed E-state index contributed by atoms with van der Waals surface area (Å²) < 4.78 is 36.2. The molecule has 0 fully saturated rings. The van der Waals surface area contributed by atoms with E-state index in [1.54, 1.807) is 0 Å².